The molecule has 0 aromatic heterocycles. The first kappa shape index (κ1) is 14.6. The largest absolute Gasteiger partial charge is 0.492 e. The van der Waals surface area contributed by atoms with E-state index >= 15 is 0 Å². The zero-order valence-corrected chi connectivity index (χ0v) is 11.4. The van der Waals surface area contributed by atoms with Crippen LogP contribution in [0, 0.1) is 19.7 Å². The Kier molecular flexibility index (Phi) is 4.42. The summed E-state index contributed by atoms with van der Waals surface area (Å²) in [5, 5.41) is 18.5. The molecule has 0 aliphatic rings. The minimum Gasteiger partial charge on any atom is -0.489 e. The van der Waals surface area contributed by atoms with Gasteiger partial charge in [0.25, 0.3) is 0 Å². The lowest BCUT2D eigenvalue weighted by Crippen LogP contribution is -2.31. The molecule has 0 saturated heterocycles. The first-order valence-electron chi connectivity index (χ1n) is 6.32. The first-order valence-corrected chi connectivity index (χ1v) is 6.32. The molecule has 104 valence electrons. The smallest absolute Gasteiger partial charge is 0.489 e. The van der Waals surface area contributed by atoms with Crippen molar-refractivity contribution in [3.8, 4) is 5.75 Å². The second-order valence-corrected chi connectivity index (χ2v) is 4.77. The maximum atomic E-state index is 13.2. The highest BCUT2D eigenvalue weighted by atomic mass is 19.1. The molecule has 0 heterocycles. The highest BCUT2D eigenvalue weighted by molar-refractivity contribution is 6.59. The lowest BCUT2D eigenvalue weighted by molar-refractivity contribution is 0.304. The normalized spacial score (nSPS) is 10.4. The van der Waals surface area contributed by atoms with Crippen LogP contribution in [0.2, 0.25) is 0 Å². The second kappa shape index (κ2) is 6.07. The van der Waals surface area contributed by atoms with Crippen molar-refractivity contribution in [3.63, 3.8) is 0 Å². The predicted molar refractivity (Wildman–Crippen MR) is 76.5 cm³/mol. The second-order valence-electron chi connectivity index (χ2n) is 4.77. The van der Waals surface area contributed by atoms with E-state index in [1.165, 1.54) is 12.1 Å². The molecule has 0 amide bonds. The molecule has 2 aromatic rings. The van der Waals surface area contributed by atoms with Gasteiger partial charge in [0.05, 0.1) is 0 Å². The average molecular weight is 274 g/mol. The standard InChI is InChI=1S/C15H16BFO3/c1-10-3-4-11(2)12(7-10)9-20-15-8-13(17)5-6-14(15)16(18)19/h3-8,18-19H,9H2,1-2H3. The van der Waals surface area contributed by atoms with Gasteiger partial charge in [0.2, 0.25) is 0 Å². The fraction of sp³-hybridized carbons (Fsp3) is 0.200. The topological polar surface area (TPSA) is 49.7 Å². The molecule has 0 aliphatic carbocycles. The van der Waals surface area contributed by atoms with Crippen molar-refractivity contribution in [2.24, 2.45) is 0 Å². The Morgan fingerprint density at radius 3 is 2.55 bits per heavy atom. The van der Waals surface area contributed by atoms with Crippen molar-refractivity contribution >= 4 is 12.6 Å². The summed E-state index contributed by atoms with van der Waals surface area (Å²) in [5.41, 5.74) is 3.30. The third-order valence-corrected chi connectivity index (χ3v) is 3.14. The molecule has 0 fully saturated rings. The Hall–Kier alpha value is -1.85. The Morgan fingerprint density at radius 2 is 1.85 bits per heavy atom. The molecule has 0 atom stereocenters. The van der Waals surface area contributed by atoms with Crippen molar-refractivity contribution in [1.82, 2.24) is 0 Å². The zero-order valence-electron chi connectivity index (χ0n) is 11.4. The number of hydrogen-bond donors (Lipinski definition) is 2. The van der Waals surface area contributed by atoms with E-state index in [1.807, 2.05) is 32.0 Å². The molecule has 20 heavy (non-hydrogen) atoms. The number of rotatable bonds is 4. The van der Waals surface area contributed by atoms with E-state index < -0.39 is 12.9 Å². The van der Waals surface area contributed by atoms with Crippen molar-refractivity contribution in [2.75, 3.05) is 0 Å². The number of ether oxygens (including phenoxy) is 1. The molecule has 0 spiro atoms. The summed E-state index contributed by atoms with van der Waals surface area (Å²) in [4.78, 5) is 0. The summed E-state index contributed by atoms with van der Waals surface area (Å²) in [7, 11) is -1.69. The number of aryl methyl sites for hydroxylation is 2. The van der Waals surface area contributed by atoms with Crippen molar-refractivity contribution in [1.29, 1.82) is 0 Å². The van der Waals surface area contributed by atoms with Gasteiger partial charge in [-0.15, -0.1) is 0 Å². The van der Waals surface area contributed by atoms with Gasteiger partial charge in [-0.1, -0.05) is 29.8 Å². The molecule has 5 heteroatoms. The molecule has 2 rings (SSSR count). The molecule has 0 saturated carbocycles. The molecular weight excluding hydrogens is 258 g/mol. The number of benzene rings is 2. The van der Waals surface area contributed by atoms with Crippen LogP contribution < -0.4 is 10.2 Å². The molecular formula is C15H16BFO3. The Labute approximate surface area is 117 Å². The fourth-order valence-electron chi connectivity index (χ4n) is 1.96. The third-order valence-electron chi connectivity index (χ3n) is 3.14. The van der Waals surface area contributed by atoms with Crippen LogP contribution in [0.1, 0.15) is 16.7 Å². The van der Waals surface area contributed by atoms with Gasteiger partial charge in [-0.3, -0.25) is 0 Å². The summed E-state index contributed by atoms with van der Waals surface area (Å²) in [6, 6.07) is 9.60. The van der Waals surface area contributed by atoms with Crippen LogP contribution in [0.15, 0.2) is 36.4 Å². The molecule has 0 aliphatic heterocycles. The van der Waals surface area contributed by atoms with E-state index in [4.69, 9.17) is 4.74 Å². The van der Waals surface area contributed by atoms with Gasteiger partial charge >= 0.3 is 7.12 Å². The third kappa shape index (κ3) is 3.38. The van der Waals surface area contributed by atoms with Crippen LogP contribution in [-0.2, 0) is 6.61 Å². The van der Waals surface area contributed by atoms with Gasteiger partial charge < -0.3 is 14.8 Å². The quantitative estimate of drug-likeness (QED) is 0.834. The lowest BCUT2D eigenvalue weighted by Gasteiger charge is -2.13. The van der Waals surface area contributed by atoms with Crippen LogP contribution in [0.25, 0.3) is 0 Å². The van der Waals surface area contributed by atoms with E-state index in [-0.39, 0.29) is 17.8 Å². The summed E-state index contributed by atoms with van der Waals surface area (Å²) in [6.07, 6.45) is 0. The first-order chi connectivity index (χ1) is 9.47. The highest BCUT2D eigenvalue weighted by Gasteiger charge is 2.18. The van der Waals surface area contributed by atoms with E-state index in [0.29, 0.717) is 0 Å². The van der Waals surface area contributed by atoms with Crippen LogP contribution in [0.4, 0.5) is 4.39 Å². The van der Waals surface area contributed by atoms with Gasteiger partial charge in [0.15, 0.2) is 0 Å². The molecule has 0 bridgehead atoms. The van der Waals surface area contributed by atoms with E-state index in [0.717, 1.165) is 22.8 Å². The van der Waals surface area contributed by atoms with Crippen molar-refractivity contribution in [3.05, 3.63) is 58.9 Å². The molecule has 3 nitrogen and oxygen atoms in total. The Balaban J connectivity index is 2.22. The molecule has 0 unspecified atom stereocenters. The number of hydrogen-bond acceptors (Lipinski definition) is 3. The van der Waals surface area contributed by atoms with E-state index in [9.17, 15) is 14.4 Å². The van der Waals surface area contributed by atoms with Crippen LogP contribution >= 0.6 is 0 Å². The summed E-state index contributed by atoms with van der Waals surface area (Å²) >= 11 is 0. The summed E-state index contributed by atoms with van der Waals surface area (Å²) in [6.45, 7) is 4.19. The van der Waals surface area contributed by atoms with Gasteiger partial charge in [-0.05, 0) is 31.0 Å². The summed E-state index contributed by atoms with van der Waals surface area (Å²) in [5.74, 6) is -0.341. The minimum atomic E-state index is -1.69. The maximum Gasteiger partial charge on any atom is 0.492 e. The average Bonchev–Trinajstić information content (AvgIpc) is 2.39. The van der Waals surface area contributed by atoms with Gasteiger partial charge in [-0.25, -0.2) is 4.39 Å². The highest BCUT2D eigenvalue weighted by Crippen LogP contribution is 2.16. The number of halogens is 1. The van der Waals surface area contributed by atoms with Crippen LogP contribution in [-0.4, -0.2) is 17.2 Å². The Bertz CT molecular complexity index is 614. The maximum absolute atomic E-state index is 13.2. The fourth-order valence-corrected chi connectivity index (χ4v) is 1.96. The summed E-state index contributed by atoms with van der Waals surface area (Å²) < 4.78 is 18.8. The molecule has 2 aromatic carbocycles. The molecule has 0 radical (unpaired) electrons. The minimum absolute atomic E-state index is 0.140. The Morgan fingerprint density at radius 1 is 1.10 bits per heavy atom. The molecule has 2 N–H and O–H groups in total. The van der Waals surface area contributed by atoms with E-state index in [1.54, 1.807) is 0 Å². The van der Waals surface area contributed by atoms with Gasteiger partial charge in [-0.2, -0.15) is 0 Å². The van der Waals surface area contributed by atoms with Gasteiger partial charge in [0, 0.05) is 11.5 Å². The van der Waals surface area contributed by atoms with Crippen LogP contribution in [0.5, 0.6) is 5.75 Å². The lowest BCUT2D eigenvalue weighted by atomic mass is 9.79. The van der Waals surface area contributed by atoms with Crippen molar-refractivity contribution in [2.45, 2.75) is 20.5 Å². The van der Waals surface area contributed by atoms with Gasteiger partial charge in [0.1, 0.15) is 18.2 Å². The monoisotopic (exact) mass is 274 g/mol. The SMILES string of the molecule is Cc1ccc(C)c(COc2cc(F)ccc2B(O)O)c1. The van der Waals surface area contributed by atoms with E-state index in [2.05, 4.69) is 0 Å². The van der Waals surface area contributed by atoms with Crippen molar-refractivity contribution < 1.29 is 19.2 Å². The van der Waals surface area contributed by atoms with Crippen LogP contribution in [0.3, 0.4) is 0 Å². The predicted octanol–water partition coefficient (Wildman–Crippen LogP) is 1.70. The zero-order chi connectivity index (χ0) is 14.7.